The second-order valence-corrected chi connectivity index (χ2v) is 9.26. The summed E-state index contributed by atoms with van der Waals surface area (Å²) in [5.74, 6) is 0.626. The Balaban J connectivity index is 1.44. The molecule has 3 nitrogen and oxygen atoms in total. The smallest absolute Gasteiger partial charge is 0.227 e. The molecule has 6 aromatic carbocycles. The summed E-state index contributed by atoms with van der Waals surface area (Å²) in [5.41, 5.74) is 8.18. The number of oxazole rings is 1. The topological polar surface area (TPSA) is 29.3 Å². The van der Waals surface area contributed by atoms with E-state index in [0.29, 0.717) is 5.89 Å². The Morgan fingerprint density at radius 3 is 1.68 bits per heavy atom. The zero-order valence-electron chi connectivity index (χ0n) is 20.7. The van der Waals surface area contributed by atoms with Gasteiger partial charge in [-0.2, -0.15) is 0 Å². The van der Waals surface area contributed by atoms with Crippen LogP contribution in [-0.2, 0) is 0 Å². The van der Waals surface area contributed by atoms with Crippen LogP contribution in [0.4, 0.5) is 17.1 Å². The average Bonchev–Trinajstić information content (AvgIpc) is 3.44. The molecule has 7 rings (SSSR count). The van der Waals surface area contributed by atoms with Crippen molar-refractivity contribution in [3.05, 3.63) is 146 Å². The molecule has 1 heterocycles. The van der Waals surface area contributed by atoms with Crippen LogP contribution in [0.2, 0.25) is 0 Å². The van der Waals surface area contributed by atoms with Gasteiger partial charge in [0.05, 0.1) is 5.69 Å². The van der Waals surface area contributed by atoms with Gasteiger partial charge in [-0.3, -0.25) is 0 Å². The van der Waals surface area contributed by atoms with Crippen LogP contribution < -0.4 is 4.90 Å². The minimum atomic E-state index is 0.626. The first-order valence-corrected chi connectivity index (χ1v) is 12.7. The normalized spacial score (nSPS) is 11.2. The van der Waals surface area contributed by atoms with Crippen molar-refractivity contribution in [1.29, 1.82) is 0 Å². The lowest BCUT2D eigenvalue weighted by Gasteiger charge is -2.27. The lowest BCUT2D eigenvalue weighted by atomic mass is 10.0. The van der Waals surface area contributed by atoms with Crippen LogP contribution in [0.5, 0.6) is 0 Å². The van der Waals surface area contributed by atoms with E-state index in [-0.39, 0.29) is 0 Å². The maximum absolute atomic E-state index is 6.36. The van der Waals surface area contributed by atoms with Crippen LogP contribution in [-0.4, -0.2) is 4.98 Å². The van der Waals surface area contributed by atoms with Crippen molar-refractivity contribution >= 4 is 38.9 Å². The number of benzene rings is 6. The van der Waals surface area contributed by atoms with Gasteiger partial charge in [-0.15, -0.1) is 0 Å². The van der Waals surface area contributed by atoms with E-state index in [9.17, 15) is 0 Å². The molecule has 0 atom stereocenters. The zero-order valence-corrected chi connectivity index (χ0v) is 20.7. The summed E-state index contributed by atoms with van der Waals surface area (Å²) in [6, 6.07) is 50.3. The predicted octanol–water partition coefficient (Wildman–Crippen LogP) is 9.78. The van der Waals surface area contributed by atoms with Crippen LogP contribution >= 0.6 is 0 Å². The van der Waals surface area contributed by atoms with Crippen LogP contribution in [0.25, 0.3) is 44.5 Å². The fourth-order valence-electron chi connectivity index (χ4n) is 5.06. The third kappa shape index (κ3) is 3.91. The predicted molar refractivity (Wildman–Crippen MR) is 157 cm³/mol. The van der Waals surface area contributed by atoms with Gasteiger partial charge in [-0.1, -0.05) is 103 Å². The largest absolute Gasteiger partial charge is 0.436 e. The number of nitrogens with zero attached hydrogens (tertiary/aromatic N) is 2. The molecule has 0 amide bonds. The SMILES string of the molecule is c1ccc(-c2ccc(N(c3ccccc3)c3cc4oc(-c5ccccc5)nc4c4ccccc34)cc2)cc1. The van der Waals surface area contributed by atoms with Crippen molar-refractivity contribution < 1.29 is 4.42 Å². The van der Waals surface area contributed by atoms with Gasteiger partial charge in [0.15, 0.2) is 5.58 Å². The lowest BCUT2D eigenvalue weighted by molar-refractivity contribution is 0.620. The zero-order chi connectivity index (χ0) is 25.3. The van der Waals surface area contributed by atoms with Crippen LogP contribution in [0, 0.1) is 0 Å². The number of hydrogen-bond acceptors (Lipinski definition) is 3. The highest BCUT2D eigenvalue weighted by Gasteiger charge is 2.20. The first kappa shape index (κ1) is 22.1. The highest BCUT2D eigenvalue weighted by molar-refractivity contribution is 6.12. The van der Waals surface area contributed by atoms with E-state index in [1.165, 1.54) is 11.1 Å². The molecule has 0 saturated carbocycles. The molecule has 0 bridgehead atoms. The van der Waals surface area contributed by atoms with E-state index in [2.05, 4.69) is 108 Å². The Hall–Kier alpha value is -5.15. The van der Waals surface area contributed by atoms with E-state index >= 15 is 0 Å². The lowest BCUT2D eigenvalue weighted by Crippen LogP contribution is -2.10. The molecule has 0 aliphatic carbocycles. The fraction of sp³-hybridized carbons (Fsp3) is 0. The molecule has 0 saturated heterocycles. The number of fused-ring (bicyclic) bond motifs is 3. The number of hydrogen-bond donors (Lipinski definition) is 0. The first-order chi connectivity index (χ1) is 18.8. The molecule has 0 spiro atoms. The number of para-hydroxylation sites is 1. The molecule has 0 aliphatic heterocycles. The molecular formula is C35H24N2O. The molecule has 0 unspecified atom stereocenters. The number of rotatable bonds is 5. The summed E-state index contributed by atoms with van der Waals surface area (Å²) in [6.45, 7) is 0. The number of anilines is 3. The highest BCUT2D eigenvalue weighted by Crippen LogP contribution is 2.42. The van der Waals surface area contributed by atoms with E-state index in [1.807, 2.05) is 42.5 Å². The van der Waals surface area contributed by atoms with Gasteiger partial charge in [0, 0.05) is 33.8 Å². The van der Waals surface area contributed by atoms with Crippen LogP contribution in [0.15, 0.2) is 150 Å². The van der Waals surface area contributed by atoms with Crippen molar-refractivity contribution in [3.8, 4) is 22.6 Å². The molecule has 0 fully saturated rings. The van der Waals surface area contributed by atoms with E-state index in [4.69, 9.17) is 9.40 Å². The Bertz CT molecular complexity index is 1840. The summed E-state index contributed by atoms with van der Waals surface area (Å²) in [5, 5.41) is 2.18. The minimum absolute atomic E-state index is 0.626. The Morgan fingerprint density at radius 1 is 0.474 bits per heavy atom. The fourth-order valence-corrected chi connectivity index (χ4v) is 5.06. The van der Waals surface area contributed by atoms with Gasteiger partial charge in [-0.25, -0.2) is 4.98 Å². The van der Waals surface area contributed by atoms with Crippen LogP contribution in [0.3, 0.4) is 0 Å². The molecule has 1 aromatic heterocycles. The van der Waals surface area contributed by atoms with E-state index in [1.54, 1.807) is 0 Å². The average molecular weight is 489 g/mol. The second-order valence-electron chi connectivity index (χ2n) is 9.26. The minimum Gasteiger partial charge on any atom is -0.436 e. The molecule has 3 heteroatoms. The quantitative estimate of drug-likeness (QED) is 0.241. The van der Waals surface area contributed by atoms with Gasteiger partial charge in [0.2, 0.25) is 5.89 Å². The van der Waals surface area contributed by atoms with E-state index < -0.39 is 0 Å². The van der Waals surface area contributed by atoms with Crippen molar-refractivity contribution in [2.75, 3.05) is 4.90 Å². The van der Waals surface area contributed by atoms with Crippen molar-refractivity contribution in [2.45, 2.75) is 0 Å². The highest BCUT2D eigenvalue weighted by atomic mass is 16.3. The van der Waals surface area contributed by atoms with E-state index in [0.717, 1.165) is 44.5 Å². The third-order valence-electron chi connectivity index (χ3n) is 6.89. The molecular weight excluding hydrogens is 464 g/mol. The standard InChI is InChI=1S/C35H24N2O/c1-4-12-25(13-5-1)26-20-22-29(23-21-26)37(28-16-8-3-9-17-28)32-24-33-34(31-19-11-10-18-30(31)32)36-35(38-33)27-14-6-2-7-15-27/h1-24H. The number of aromatic nitrogens is 1. The second kappa shape index (κ2) is 9.38. The monoisotopic (exact) mass is 488 g/mol. The molecule has 7 aromatic rings. The van der Waals surface area contributed by atoms with Crippen molar-refractivity contribution in [3.63, 3.8) is 0 Å². The van der Waals surface area contributed by atoms with Gasteiger partial charge >= 0.3 is 0 Å². The van der Waals surface area contributed by atoms with Gasteiger partial charge in [0.1, 0.15) is 5.52 Å². The van der Waals surface area contributed by atoms with Crippen molar-refractivity contribution in [1.82, 2.24) is 4.98 Å². The summed E-state index contributed by atoms with van der Waals surface area (Å²) in [6.07, 6.45) is 0. The van der Waals surface area contributed by atoms with Crippen molar-refractivity contribution in [2.24, 2.45) is 0 Å². The van der Waals surface area contributed by atoms with Crippen LogP contribution in [0.1, 0.15) is 0 Å². The van der Waals surface area contributed by atoms with Gasteiger partial charge in [-0.05, 0) is 47.5 Å². The third-order valence-corrected chi connectivity index (χ3v) is 6.89. The Labute approximate surface area is 221 Å². The Kier molecular flexibility index (Phi) is 5.45. The molecule has 38 heavy (non-hydrogen) atoms. The summed E-state index contributed by atoms with van der Waals surface area (Å²) in [7, 11) is 0. The summed E-state index contributed by atoms with van der Waals surface area (Å²) >= 11 is 0. The maximum atomic E-state index is 6.36. The van der Waals surface area contributed by atoms with Gasteiger partial charge in [0.25, 0.3) is 0 Å². The first-order valence-electron chi connectivity index (χ1n) is 12.7. The molecule has 180 valence electrons. The Morgan fingerprint density at radius 2 is 1.00 bits per heavy atom. The summed E-state index contributed by atoms with van der Waals surface area (Å²) in [4.78, 5) is 7.21. The van der Waals surface area contributed by atoms with Gasteiger partial charge < -0.3 is 9.32 Å². The maximum Gasteiger partial charge on any atom is 0.227 e. The molecule has 0 radical (unpaired) electrons. The summed E-state index contributed by atoms with van der Waals surface area (Å²) < 4.78 is 6.36. The molecule has 0 N–H and O–H groups in total. The molecule has 0 aliphatic rings.